The first-order chi connectivity index (χ1) is 10.6. The Morgan fingerprint density at radius 1 is 1.14 bits per heavy atom. The van der Waals surface area contributed by atoms with Crippen molar-refractivity contribution in [3.8, 4) is 0 Å². The molecule has 0 fully saturated rings. The van der Waals surface area contributed by atoms with Crippen molar-refractivity contribution in [2.24, 2.45) is 0 Å². The van der Waals surface area contributed by atoms with Gasteiger partial charge in [-0.15, -0.1) is 11.3 Å². The lowest BCUT2D eigenvalue weighted by atomic mass is 10.0. The fourth-order valence-corrected chi connectivity index (χ4v) is 4.12. The number of thioether (sulfide) groups is 1. The Morgan fingerprint density at radius 2 is 1.86 bits per heavy atom. The molecule has 0 bridgehead atoms. The molecule has 114 valence electrons. The van der Waals surface area contributed by atoms with Crippen molar-refractivity contribution < 1.29 is 15.0 Å². The Labute approximate surface area is 136 Å². The monoisotopic (exact) mass is 332 g/mol. The Morgan fingerprint density at radius 3 is 2.64 bits per heavy atom. The average molecular weight is 332 g/mol. The second-order valence-corrected chi connectivity index (χ2v) is 7.45. The van der Waals surface area contributed by atoms with Gasteiger partial charge < -0.3 is 10.2 Å². The predicted molar refractivity (Wildman–Crippen MR) is 93.4 cm³/mol. The smallest absolute Gasteiger partial charge is 0.185 e. The number of thiophene rings is 1. The fourth-order valence-electron chi connectivity index (χ4n) is 2.44. The van der Waals surface area contributed by atoms with E-state index in [-0.39, 0.29) is 10.9 Å². The number of rotatable bonds is 4. The summed E-state index contributed by atoms with van der Waals surface area (Å²) in [6, 6.07) is 13.9. The van der Waals surface area contributed by atoms with E-state index in [9.17, 15) is 15.0 Å². The van der Waals surface area contributed by atoms with E-state index in [2.05, 4.69) is 12.1 Å². The minimum absolute atomic E-state index is 0.0643. The van der Waals surface area contributed by atoms with Crippen LogP contribution in [0.25, 0.3) is 20.2 Å². The zero-order chi connectivity index (χ0) is 15.7. The largest absolute Gasteiger partial charge is 0.389 e. The molecule has 2 atom stereocenters. The molecule has 3 rings (SSSR count). The van der Waals surface area contributed by atoms with Gasteiger partial charge in [0.15, 0.2) is 5.12 Å². The molecule has 1 aromatic heterocycles. The van der Waals surface area contributed by atoms with Crippen LogP contribution in [-0.2, 0) is 4.79 Å². The molecular formula is C17H16O3S2. The summed E-state index contributed by atoms with van der Waals surface area (Å²) in [5.74, 6) is 0.193. The zero-order valence-corrected chi connectivity index (χ0v) is 13.7. The number of carbonyl (C=O) groups excluding carboxylic acids is 1. The van der Waals surface area contributed by atoms with E-state index in [1.807, 2.05) is 30.3 Å². The number of fused-ring (bicyclic) bond motifs is 3. The molecule has 1 heterocycles. The number of hydrogen-bond donors (Lipinski definition) is 2. The van der Waals surface area contributed by atoms with Gasteiger partial charge in [-0.05, 0) is 23.8 Å². The van der Waals surface area contributed by atoms with Crippen LogP contribution in [0.3, 0.4) is 0 Å². The van der Waals surface area contributed by atoms with Crippen LogP contribution < -0.4 is 0 Å². The minimum atomic E-state index is -0.991. The molecule has 0 saturated heterocycles. The van der Waals surface area contributed by atoms with Crippen LogP contribution in [0.4, 0.5) is 0 Å². The van der Waals surface area contributed by atoms with Crippen LogP contribution in [0, 0.1) is 0 Å². The lowest BCUT2D eigenvalue weighted by Gasteiger charge is -2.17. The second kappa shape index (κ2) is 6.38. The first-order valence-electron chi connectivity index (χ1n) is 6.97. The highest BCUT2D eigenvalue weighted by Crippen LogP contribution is 2.35. The molecule has 0 aliphatic carbocycles. The first-order valence-corrected chi connectivity index (χ1v) is 8.77. The standard InChI is InChI=1S/C17H16O3S2/c1-10(18)21-9-14(19)17(20)11-6-7-16-13(8-11)12-4-2-3-5-15(12)22-16/h2-8,14,17,19-20H,9H2,1H3. The van der Waals surface area contributed by atoms with Gasteiger partial charge in [0.2, 0.25) is 0 Å². The Hall–Kier alpha value is -1.40. The van der Waals surface area contributed by atoms with Gasteiger partial charge in [0, 0.05) is 32.8 Å². The SMILES string of the molecule is CC(=O)SCC(O)C(O)c1ccc2sc3ccccc3c2c1. The van der Waals surface area contributed by atoms with Crippen molar-refractivity contribution in [1.29, 1.82) is 0 Å². The number of aliphatic hydroxyl groups is 2. The third-order valence-corrected chi connectivity index (χ3v) is 5.63. The number of carbonyl (C=O) groups is 1. The number of aliphatic hydroxyl groups excluding tert-OH is 2. The summed E-state index contributed by atoms with van der Waals surface area (Å²) in [7, 11) is 0. The van der Waals surface area contributed by atoms with E-state index in [1.165, 1.54) is 11.6 Å². The van der Waals surface area contributed by atoms with E-state index >= 15 is 0 Å². The van der Waals surface area contributed by atoms with Crippen LogP contribution in [0.2, 0.25) is 0 Å². The Bertz CT molecular complexity index is 825. The quantitative estimate of drug-likeness (QED) is 0.764. The molecule has 2 unspecified atom stereocenters. The molecule has 0 radical (unpaired) electrons. The number of benzene rings is 2. The minimum Gasteiger partial charge on any atom is -0.389 e. The van der Waals surface area contributed by atoms with Crippen molar-refractivity contribution in [2.45, 2.75) is 19.1 Å². The van der Waals surface area contributed by atoms with Gasteiger partial charge in [-0.1, -0.05) is 36.0 Å². The molecule has 22 heavy (non-hydrogen) atoms. The Kier molecular flexibility index (Phi) is 4.49. The zero-order valence-electron chi connectivity index (χ0n) is 12.0. The molecule has 2 aromatic carbocycles. The van der Waals surface area contributed by atoms with Crippen LogP contribution >= 0.6 is 23.1 Å². The highest BCUT2D eigenvalue weighted by atomic mass is 32.2. The third-order valence-electron chi connectivity index (χ3n) is 3.56. The topological polar surface area (TPSA) is 57.5 Å². The maximum Gasteiger partial charge on any atom is 0.185 e. The summed E-state index contributed by atoms with van der Waals surface area (Å²) < 4.78 is 2.36. The van der Waals surface area contributed by atoms with E-state index in [4.69, 9.17) is 0 Å². The summed E-state index contributed by atoms with van der Waals surface area (Å²) >= 11 is 2.74. The van der Waals surface area contributed by atoms with Gasteiger partial charge in [-0.3, -0.25) is 4.79 Å². The maximum absolute atomic E-state index is 11.0. The molecule has 0 aliphatic rings. The van der Waals surface area contributed by atoms with E-state index < -0.39 is 12.2 Å². The summed E-state index contributed by atoms with van der Waals surface area (Å²) in [5, 5.41) is 22.5. The van der Waals surface area contributed by atoms with Crippen molar-refractivity contribution in [2.75, 3.05) is 5.75 Å². The van der Waals surface area contributed by atoms with Crippen molar-refractivity contribution in [1.82, 2.24) is 0 Å². The van der Waals surface area contributed by atoms with Crippen molar-refractivity contribution in [3.05, 3.63) is 48.0 Å². The summed E-state index contributed by atoms with van der Waals surface area (Å²) in [4.78, 5) is 11.0. The highest BCUT2D eigenvalue weighted by Gasteiger charge is 2.20. The molecule has 0 saturated carbocycles. The van der Waals surface area contributed by atoms with E-state index in [0.29, 0.717) is 5.56 Å². The average Bonchev–Trinajstić information content (AvgIpc) is 2.89. The Balaban J connectivity index is 1.93. The van der Waals surface area contributed by atoms with Crippen LogP contribution in [0.5, 0.6) is 0 Å². The molecule has 0 spiro atoms. The first kappa shape index (κ1) is 15.5. The molecular weight excluding hydrogens is 316 g/mol. The molecule has 3 nitrogen and oxygen atoms in total. The third kappa shape index (κ3) is 3.03. The van der Waals surface area contributed by atoms with Crippen LogP contribution in [-0.4, -0.2) is 27.2 Å². The maximum atomic E-state index is 11.0. The normalized spacial score (nSPS) is 14.3. The van der Waals surface area contributed by atoms with Gasteiger partial charge in [0.25, 0.3) is 0 Å². The second-order valence-electron chi connectivity index (χ2n) is 5.17. The van der Waals surface area contributed by atoms with Crippen molar-refractivity contribution >= 4 is 48.4 Å². The van der Waals surface area contributed by atoms with Gasteiger partial charge in [0.05, 0.1) is 6.10 Å². The summed E-state index contributed by atoms with van der Waals surface area (Å²) in [6.45, 7) is 1.45. The molecule has 5 heteroatoms. The van der Waals surface area contributed by atoms with Gasteiger partial charge in [0.1, 0.15) is 6.10 Å². The fraction of sp³-hybridized carbons (Fsp3) is 0.235. The highest BCUT2D eigenvalue weighted by molar-refractivity contribution is 8.13. The molecule has 2 N–H and O–H groups in total. The van der Waals surface area contributed by atoms with E-state index in [1.54, 1.807) is 11.3 Å². The van der Waals surface area contributed by atoms with E-state index in [0.717, 1.165) is 27.2 Å². The lowest BCUT2D eigenvalue weighted by molar-refractivity contribution is -0.109. The number of hydrogen-bond acceptors (Lipinski definition) is 5. The predicted octanol–water partition coefficient (Wildman–Crippen LogP) is 3.73. The van der Waals surface area contributed by atoms with Crippen LogP contribution in [0.1, 0.15) is 18.6 Å². The van der Waals surface area contributed by atoms with Crippen molar-refractivity contribution in [3.63, 3.8) is 0 Å². The molecule has 0 amide bonds. The van der Waals surface area contributed by atoms with Gasteiger partial charge in [-0.25, -0.2) is 0 Å². The molecule has 3 aromatic rings. The van der Waals surface area contributed by atoms with Gasteiger partial charge in [-0.2, -0.15) is 0 Å². The molecule has 0 aliphatic heterocycles. The summed E-state index contributed by atoms with van der Waals surface area (Å²) in [6.07, 6.45) is -1.95. The van der Waals surface area contributed by atoms with Crippen LogP contribution in [0.15, 0.2) is 42.5 Å². The van der Waals surface area contributed by atoms with Gasteiger partial charge >= 0.3 is 0 Å². The summed E-state index contributed by atoms with van der Waals surface area (Å²) in [5.41, 5.74) is 0.674. The lowest BCUT2D eigenvalue weighted by Crippen LogP contribution is -2.21.